The maximum Gasteiger partial charge on any atom is 0.104 e. The van der Waals surface area contributed by atoms with Crippen LogP contribution in [0.15, 0.2) is 36.9 Å². The van der Waals surface area contributed by atoms with Crippen molar-refractivity contribution in [2.75, 3.05) is 27.2 Å². The van der Waals surface area contributed by atoms with Gasteiger partial charge < -0.3 is 21.5 Å². The summed E-state index contributed by atoms with van der Waals surface area (Å²) < 4.78 is 1.02. The van der Waals surface area contributed by atoms with Gasteiger partial charge in [-0.3, -0.25) is 0 Å². The van der Waals surface area contributed by atoms with Crippen molar-refractivity contribution >= 4 is 5.57 Å². The molecule has 0 atom stereocenters. The summed E-state index contributed by atoms with van der Waals surface area (Å²) in [4.78, 5) is 0. The van der Waals surface area contributed by atoms with E-state index < -0.39 is 0 Å². The first-order valence-electron chi connectivity index (χ1n) is 6.46. The summed E-state index contributed by atoms with van der Waals surface area (Å²) in [7, 11) is 4.58. The predicted octanol–water partition coefficient (Wildman–Crippen LogP) is 0.826. The molecule has 0 spiro atoms. The summed E-state index contributed by atoms with van der Waals surface area (Å²) in [6.45, 7) is 11.0. The van der Waals surface area contributed by atoms with Crippen molar-refractivity contribution in [1.29, 1.82) is 0 Å². The van der Waals surface area contributed by atoms with Gasteiger partial charge in [-0.1, -0.05) is 50.8 Å². The van der Waals surface area contributed by atoms with Crippen LogP contribution in [0.2, 0.25) is 0 Å². The van der Waals surface area contributed by atoms with E-state index in [2.05, 4.69) is 64.9 Å². The van der Waals surface area contributed by atoms with Gasteiger partial charge in [-0.05, 0) is 17.9 Å². The average Bonchev–Trinajstić information content (AvgIpc) is 2.27. The second-order valence-corrected chi connectivity index (χ2v) is 5.97. The van der Waals surface area contributed by atoms with E-state index in [-0.39, 0.29) is 17.0 Å². The molecule has 1 nitrogen and oxygen atoms in total. The number of rotatable bonds is 6. The van der Waals surface area contributed by atoms with Crippen molar-refractivity contribution in [2.45, 2.75) is 20.3 Å². The Bertz CT molecular complexity index is 355. The number of halogens is 1. The van der Waals surface area contributed by atoms with Crippen molar-refractivity contribution in [2.24, 2.45) is 5.92 Å². The molecule has 1 aromatic carbocycles. The minimum Gasteiger partial charge on any atom is -1.00 e. The molecule has 1 rings (SSSR count). The lowest BCUT2D eigenvalue weighted by Gasteiger charge is -2.31. The molecule has 0 saturated heterocycles. The molecule has 0 aromatic heterocycles. The first kappa shape index (κ1) is 17.4. The molecule has 2 heteroatoms. The molecule has 0 unspecified atom stereocenters. The fraction of sp³-hybridized carbons (Fsp3) is 0.500. The van der Waals surface area contributed by atoms with Crippen LogP contribution in [0.1, 0.15) is 25.8 Å². The molecule has 0 fully saturated rings. The molecule has 0 aliphatic rings. The van der Waals surface area contributed by atoms with Gasteiger partial charge in [0.25, 0.3) is 0 Å². The Hall–Kier alpha value is -0.600. The molecule has 0 bridgehead atoms. The third-order valence-electron chi connectivity index (χ3n) is 3.11. The van der Waals surface area contributed by atoms with Crippen LogP contribution in [0.4, 0.5) is 0 Å². The molecule has 102 valence electrons. The second kappa shape index (κ2) is 7.75. The Morgan fingerprint density at radius 1 is 1.17 bits per heavy atom. The third-order valence-corrected chi connectivity index (χ3v) is 3.11. The Morgan fingerprint density at radius 3 is 2.22 bits per heavy atom. The number of quaternary nitrogens is 1. The monoisotopic (exact) mass is 311 g/mol. The predicted molar refractivity (Wildman–Crippen MR) is 76.8 cm³/mol. The summed E-state index contributed by atoms with van der Waals surface area (Å²) >= 11 is 0. The number of hydrogen-bond acceptors (Lipinski definition) is 0. The highest BCUT2D eigenvalue weighted by atomic mass is 79.9. The fourth-order valence-corrected chi connectivity index (χ4v) is 1.97. The molecular weight excluding hydrogens is 286 g/mol. The Kier molecular flexibility index (Phi) is 7.49. The maximum atomic E-state index is 4.22. The zero-order chi connectivity index (χ0) is 12.9. The average molecular weight is 312 g/mol. The Labute approximate surface area is 123 Å². The largest absolute Gasteiger partial charge is 1.00 e. The number of hydrogen-bond donors (Lipinski definition) is 0. The molecule has 0 aliphatic carbocycles. The van der Waals surface area contributed by atoms with Crippen molar-refractivity contribution in [3.63, 3.8) is 0 Å². The first-order chi connectivity index (χ1) is 7.91. The van der Waals surface area contributed by atoms with E-state index in [1.54, 1.807) is 0 Å². The quantitative estimate of drug-likeness (QED) is 0.683. The highest BCUT2D eigenvalue weighted by molar-refractivity contribution is 5.63. The molecule has 0 amide bonds. The van der Waals surface area contributed by atoms with Gasteiger partial charge in [0.1, 0.15) is 6.54 Å². The summed E-state index contributed by atoms with van der Waals surface area (Å²) in [5.41, 5.74) is 2.50. The van der Waals surface area contributed by atoms with Crippen molar-refractivity contribution in [3.05, 3.63) is 42.5 Å². The standard InChI is InChI=1S/C16H26N.BrH/c1-14(2)11-12-17(4,5)13-15(3)16-9-7-6-8-10-16;/h6-10,14H,3,11-13H2,1-2,4-5H3;1H/q+1;/p-1. The van der Waals surface area contributed by atoms with Crippen LogP contribution in [0.3, 0.4) is 0 Å². The molecule has 0 heterocycles. The summed E-state index contributed by atoms with van der Waals surface area (Å²) in [6.07, 6.45) is 1.27. The highest BCUT2D eigenvalue weighted by Crippen LogP contribution is 2.16. The number of likely N-dealkylation sites (N-methyl/N-ethyl adjacent to an activating group) is 1. The van der Waals surface area contributed by atoms with Crippen LogP contribution >= 0.6 is 0 Å². The van der Waals surface area contributed by atoms with Crippen molar-refractivity contribution in [3.8, 4) is 0 Å². The lowest BCUT2D eigenvalue weighted by Crippen LogP contribution is -3.00. The SMILES string of the molecule is C=C(C[N+](C)(C)CCC(C)C)c1ccccc1.[Br-]. The van der Waals surface area contributed by atoms with Crippen molar-refractivity contribution < 1.29 is 21.5 Å². The molecule has 0 radical (unpaired) electrons. The molecular formula is C16H26BrN. The van der Waals surface area contributed by atoms with Crippen LogP contribution in [0, 0.1) is 5.92 Å². The van der Waals surface area contributed by atoms with Crippen LogP contribution in [0.25, 0.3) is 5.57 Å². The summed E-state index contributed by atoms with van der Waals surface area (Å²) in [5.74, 6) is 0.775. The Balaban J connectivity index is 0.00000289. The van der Waals surface area contributed by atoms with E-state index in [1.165, 1.54) is 24.1 Å². The van der Waals surface area contributed by atoms with E-state index in [4.69, 9.17) is 0 Å². The van der Waals surface area contributed by atoms with Gasteiger partial charge in [0.05, 0.1) is 20.6 Å². The van der Waals surface area contributed by atoms with Gasteiger partial charge in [0, 0.05) is 5.57 Å². The van der Waals surface area contributed by atoms with E-state index in [9.17, 15) is 0 Å². The topological polar surface area (TPSA) is 0 Å². The third kappa shape index (κ3) is 6.36. The van der Waals surface area contributed by atoms with Gasteiger partial charge in [-0.15, -0.1) is 0 Å². The lowest BCUT2D eigenvalue weighted by molar-refractivity contribution is -0.883. The molecule has 0 N–H and O–H groups in total. The summed E-state index contributed by atoms with van der Waals surface area (Å²) in [6, 6.07) is 10.5. The molecule has 1 aromatic rings. The lowest BCUT2D eigenvalue weighted by atomic mass is 10.1. The number of nitrogens with zero attached hydrogens (tertiary/aromatic N) is 1. The molecule has 0 saturated carbocycles. The zero-order valence-corrected chi connectivity index (χ0v) is 13.7. The van der Waals surface area contributed by atoms with E-state index in [1.807, 2.05) is 0 Å². The van der Waals surface area contributed by atoms with E-state index in [0.29, 0.717) is 0 Å². The second-order valence-electron chi connectivity index (χ2n) is 5.97. The van der Waals surface area contributed by atoms with Gasteiger partial charge >= 0.3 is 0 Å². The first-order valence-corrected chi connectivity index (χ1v) is 6.46. The molecule has 18 heavy (non-hydrogen) atoms. The van der Waals surface area contributed by atoms with E-state index in [0.717, 1.165) is 16.9 Å². The van der Waals surface area contributed by atoms with Crippen LogP contribution in [-0.4, -0.2) is 31.7 Å². The summed E-state index contributed by atoms with van der Waals surface area (Å²) in [5, 5.41) is 0. The van der Waals surface area contributed by atoms with Crippen LogP contribution in [0.5, 0.6) is 0 Å². The van der Waals surface area contributed by atoms with Gasteiger partial charge in [-0.2, -0.15) is 0 Å². The molecule has 0 aliphatic heterocycles. The van der Waals surface area contributed by atoms with Gasteiger partial charge in [-0.25, -0.2) is 0 Å². The van der Waals surface area contributed by atoms with Crippen LogP contribution < -0.4 is 17.0 Å². The number of benzene rings is 1. The smallest absolute Gasteiger partial charge is 0.104 e. The van der Waals surface area contributed by atoms with E-state index >= 15 is 0 Å². The van der Waals surface area contributed by atoms with Gasteiger partial charge in [0.15, 0.2) is 0 Å². The van der Waals surface area contributed by atoms with Gasteiger partial charge in [0.2, 0.25) is 0 Å². The minimum atomic E-state index is 0. The van der Waals surface area contributed by atoms with Crippen LogP contribution in [-0.2, 0) is 0 Å². The fourth-order valence-electron chi connectivity index (χ4n) is 1.97. The minimum absolute atomic E-state index is 0. The zero-order valence-electron chi connectivity index (χ0n) is 12.1. The Morgan fingerprint density at radius 2 is 1.72 bits per heavy atom. The normalized spacial score (nSPS) is 11.2. The highest BCUT2D eigenvalue weighted by Gasteiger charge is 2.17. The maximum absolute atomic E-state index is 4.22. The van der Waals surface area contributed by atoms with Crippen molar-refractivity contribution in [1.82, 2.24) is 0 Å².